The van der Waals surface area contributed by atoms with Gasteiger partial charge in [-0.25, -0.2) is 4.79 Å². The first-order valence-corrected chi connectivity index (χ1v) is 12.3. The van der Waals surface area contributed by atoms with Gasteiger partial charge in [-0.05, 0) is 66.4 Å². The summed E-state index contributed by atoms with van der Waals surface area (Å²) in [6, 6.07) is 13.6. The van der Waals surface area contributed by atoms with Crippen LogP contribution in [0.5, 0.6) is 0 Å². The Hall–Kier alpha value is -4.12. The van der Waals surface area contributed by atoms with Gasteiger partial charge in [-0.3, -0.25) is 19.6 Å². The third kappa shape index (κ3) is 9.60. The van der Waals surface area contributed by atoms with Crippen molar-refractivity contribution in [1.82, 2.24) is 20.2 Å². The summed E-state index contributed by atoms with van der Waals surface area (Å²) in [5.74, 6) is -2.79. The molecule has 1 amide bonds. The molecule has 8 nitrogen and oxygen atoms in total. The van der Waals surface area contributed by atoms with Crippen LogP contribution in [0.3, 0.4) is 0 Å². The van der Waals surface area contributed by atoms with Crippen molar-refractivity contribution in [3.63, 3.8) is 0 Å². The Balaban J connectivity index is 0.000000532. The number of carbonyl (C=O) groups excluding carboxylic acids is 2. The summed E-state index contributed by atoms with van der Waals surface area (Å²) in [5, 5.41) is 10.5. The lowest BCUT2D eigenvalue weighted by Crippen LogP contribution is -2.30. The molecule has 1 aromatic carbocycles. The molecule has 0 spiro atoms. The Labute approximate surface area is 223 Å². The molecule has 11 heteroatoms. The van der Waals surface area contributed by atoms with E-state index >= 15 is 0 Å². The molecule has 1 aliphatic heterocycles. The Kier molecular flexibility index (Phi) is 10.7. The monoisotopic (exact) mass is 542 g/mol. The molecule has 1 aliphatic rings. The van der Waals surface area contributed by atoms with Gasteiger partial charge < -0.3 is 15.3 Å². The van der Waals surface area contributed by atoms with E-state index in [-0.39, 0.29) is 24.5 Å². The van der Waals surface area contributed by atoms with Gasteiger partial charge in [-0.15, -0.1) is 0 Å². The van der Waals surface area contributed by atoms with Crippen LogP contribution in [0.4, 0.5) is 13.2 Å². The van der Waals surface area contributed by atoms with Crippen molar-refractivity contribution >= 4 is 17.7 Å². The smallest absolute Gasteiger partial charge is 0.475 e. The minimum atomic E-state index is -5.08. The van der Waals surface area contributed by atoms with E-state index in [2.05, 4.69) is 21.4 Å². The van der Waals surface area contributed by atoms with Crippen molar-refractivity contribution in [3.05, 3.63) is 95.1 Å². The quantitative estimate of drug-likeness (QED) is 0.414. The van der Waals surface area contributed by atoms with Gasteiger partial charge >= 0.3 is 12.1 Å². The molecule has 0 atom stereocenters. The predicted octanol–water partition coefficient (Wildman–Crippen LogP) is 3.99. The number of amides is 1. The van der Waals surface area contributed by atoms with Gasteiger partial charge in [0, 0.05) is 56.3 Å². The molecule has 2 aromatic heterocycles. The van der Waals surface area contributed by atoms with Crippen LogP contribution in [0, 0.1) is 0 Å². The number of benzene rings is 1. The number of halogens is 3. The summed E-state index contributed by atoms with van der Waals surface area (Å²) in [6.07, 6.45) is 4.17. The summed E-state index contributed by atoms with van der Waals surface area (Å²) in [6.45, 7) is 2.79. The van der Waals surface area contributed by atoms with Gasteiger partial charge in [0.1, 0.15) is 0 Å². The SMILES string of the molecule is O=C(CCC(=O)N(Cc1cccnc1)Cc1cccnc1)c1ccc2c(c1)CCNCC2.O=C(O)C(F)(F)F. The summed E-state index contributed by atoms with van der Waals surface area (Å²) >= 11 is 0. The lowest BCUT2D eigenvalue weighted by Gasteiger charge is -2.23. The molecule has 0 bridgehead atoms. The molecule has 39 heavy (non-hydrogen) atoms. The Morgan fingerprint density at radius 1 is 0.872 bits per heavy atom. The first-order valence-electron chi connectivity index (χ1n) is 12.3. The number of carboxylic acids is 1. The topological polar surface area (TPSA) is 112 Å². The largest absolute Gasteiger partial charge is 0.490 e. The number of rotatable bonds is 8. The van der Waals surface area contributed by atoms with Gasteiger partial charge in [-0.2, -0.15) is 13.2 Å². The number of pyridine rings is 2. The minimum Gasteiger partial charge on any atom is -0.475 e. The fourth-order valence-corrected chi connectivity index (χ4v) is 4.03. The molecule has 2 N–H and O–H groups in total. The maximum atomic E-state index is 13.1. The Morgan fingerprint density at radius 3 is 1.95 bits per heavy atom. The van der Waals surface area contributed by atoms with Crippen LogP contribution in [-0.4, -0.2) is 56.9 Å². The third-order valence-electron chi connectivity index (χ3n) is 6.02. The molecule has 206 valence electrons. The van der Waals surface area contributed by atoms with Crippen LogP contribution in [0.2, 0.25) is 0 Å². The maximum absolute atomic E-state index is 13.1. The highest BCUT2D eigenvalue weighted by Gasteiger charge is 2.38. The molecule has 0 aliphatic carbocycles. The summed E-state index contributed by atoms with van der Waals surface area (Å²) in [5.41, 5.74) is 5.15. The molecule has 0 radical (unpaired) electrons. The molecule has 3 heterocycles. The van der Waals surface area contributed by atoms with Gasteiger partial charge in [0.25, 0.3) is 0 Å². The van der Waals surface area contributed by atoms with E-state index in [0.717, 1.165) is 37.1 Å². The molecular formula is C28H29F3N4O4. The van der Waals surface area contributed by atoms with E-state index in [9.17, 15) is 22.8 Å². The van der Waals surface area contributed by atoms with Crippen molar-refractivity contribution in [2.75, 3.05) is 13.1 Å². The molecular weight excluding hydrogens is 513 g/mol. The number of nitrogens with one attached hydrogen (secondary N) is 1. The second-order valence-electron chi connectivity index (χ2n) is 8.93. The van der Waals surface area contributed by atoms with Crippen molar-refractivity contribution in [2.24, 2.45) is 0 Å². The van der Waals surface area contributed by atoms with Crippen molar-refractivity contribution in [3.8, 4) is 0 Å². The number of fused-ring (bicyclic) bond motifs is 1. The normalized spacial score (nSPS) is 12.8. The van der Waals surface area contributed by atoms with Crippen LogP contribution in [-0.2, 0) is 35.5 Å². The molecule has 0 saturated carbocycles. The molecule has 0 unspecified atom stereocenters. The predicted molar refractivity (Wildman–Crippen MR) is 137 cm³/mol. The van der Waals surface area contributed by atoms with Gasteiger partial charge in [0.05, 0.1) is 0 Å². The van der Waals surface area contributed by atoms with E-state index in [4.69, 9.17) is 9.90 Å². The standard InChI is InChI=1S/C26H28N4O2.C2HF3O2/c31-25(24-6-5-22-9-13-27-14-10-23(22)15-24)7-8-26(32)30(18-20-3-1-11-28-16-20)19-21-4-2-12-29-17-21;3-2(4,5)1(6)7/h1-6,11-12,15-17,27H,7-10,13-14,18-19H2;(H,6,7). The molecule has 4 rings (SSSR count). The minimum absolute atomic E-state index is 0.0149. The second kappa shape index (κ2) is 14.1. The lowest BCUT2D eigenvalue weighted by molar-refractivity contribution is -0.192. The summed E-state index contributed by atoms with van der Waals surface area (Å²) in [4.78, 5) is 44.9. The lowest BCUT2D eigenvalue weighted by atomic mass is 9.97. The molecule has 3 aromatic rings. The number of aliphatic carboxylic acids is 1. The Morgan fingerprint density at radius 2 is 1.44 bits per heavy atom. The first-order chi connectivity index (χ1) is 18.6. The van der Waals surface area contributed by atoms with Gasteiger partial charge in [-0.1, -0.05) is 24.3 Å². The second-order valence-corrected chi connectivity index (χ2v) is 8.93. The van der Waals surface area contributed by atoms with Crippen LogP contribution in [0.25, 0.3) is 0 Å². The van der Waals surface area contributed by atoms with Crippen LogP contribution >= 0.6 is 0 Å². The van der Waals surface area contributed by atoms with Crippen molar-refractivity contribution in [1.29, 1.82) is 0 Å². The number of Topliss-reactive ketones (excluding diaryl/α,β-unsaturated/α-hetero) is 1. The number of carboxylic acid groups (broad SMARTS) is 1. The van der Waals surface area contributed by atoms with Crippen LogP contribution in [0.1, 0.15) is 45.5 Å². The molecule has 0 saturated heterocycles. The summed E-state index contributed by atoms with van der Waals surface area (Å²) < 4.78 is 31.7. The number of ketones is 1. The highest BCUT2D eigenvalue weighted by atomic mass is 19.4. The highest BCUT2D eigenvalue weighted by molar-refractivity contribution is 5.98. The fraction of sp³-hybridized carbons (Fsp3) is 0.321. The van der Waals surface area contributed by atoms with E-state index in [1.54, 1.807) is 29.7 Å². The Bertz CT molecular complexity index is 1210. The van der Waals surface area contributed by atoms with Gasteiger partial charge in [0.2, 0.25) is 5.91 Å². The average Bonchev–Trinajstić information content (AvgIpc) is 3.17. The number of alkyl halides is 3. The van der Waals surface area contributed by atoms with Gasteiger partial charge in [0.15, 0.2) is 5.78 Å². The number of nitrogens with zero attached hydrogens (tertiary/aromatic N) is 3. The zero-order valence-corrected chi connectivity index (χ0v) is 21.2. The third-order valence-corrected chi connectivity index (χ3v) is 6.02. The summed E-state index contributed by atoms with van der Waals surface area (Å²) in [7, 11) is 0. The van der Waals surface area contributed by atoms with E-state index < -0.39 is 12.1 Å². The number of carbonyl (C=O) groups is 3. The zero-order chi connectivity index (χ0) is 28.3. The maximum Gasteiger partial charge on any atom is 0.490 e. The number of hydrogen-bond donors (Lipinski definition) is 2. The number of hydrogen-bond acceptors (Lipinski definition) is 6. The van der Waals surface area contributed by atoms with Crippen molar-refractivity contribution < 1.29 is 32.7 Å². The van der Waals surface area contributed by atoms with Crippen molar-refractivity contribution in [2.45, 2.75) is 44.9 Å². The van der Waals surface area contributed by atoms with Crippen LogP contribution in [0.15, 0.2) is 67.3 Å². The van der Waals surface area contributed by atoms with Crippen LogP contribution < -0.4 is 5.32 Å². The first kappa shape index (κ1) is 29.4. The number of aromatic nitrogens is 2. The highest BCUT2D eigenvalue weighted by Crippen LogP contribution is 2.18. The van der Waals surface area contributed by atoms with E-state index in [1.807, 2.05) is 36.4 Å². The average molecular weight is 543 g/mol. The van der Waals surface area contributed by atoms with E-state index in [0.29, 0.717) is 18.7 Å². The molecule has 0 fully saturated rings. The fourth-order valence-electron chi connectivity index (χ4n) is 4.03. The zero-order valence-electron chi connectivity index (χ0n) is 21.2. The van der Waals surface area contributed by atoms with E-state index in [1.165, 1.54) is 11.1 Å².